The molecular formula is C26H34ClN3O2. The molecule has 2 aromatic carbocycles. The van der Waals surface area contributed by atoms with Crippen LogP contribution in [0.15, 0.2) is 48.5 Å². The van der Waals surface area contributed by atoms with Gasteiger partial charge in [-0.2, -0.15) is 0 Å². The Kier molecular flexibility index (Phi) is 8.19. The summed E-state index contributed by atoms with van der Waals surface area (Å²) < 4.78 is 0. The number of hydrogen-bond donors (Lipinski definition) is 1. The average molecular weight is 456 g/mol. The average Bonchev–Trinajstić information content (AvgIpc) is 2.82. The van der Waals surface area contributed by atoms with Gasteiger partial charge in [0.2, 0.25) is 5.91 Å². The normalized spacial score (nSPS) is 16.3. The van der Waals surface area contributed by atoms with Crippen molar-refractivity contribution in [3.63, 3.8) is 0 Å². The maximum atomic E-state index is 13.4. The molecule has 32 heavy (non-hydrogen) atoms. The van der Waals surface area contributed by atoms with Crippen LogP contribution in [0, 0.1) is 5.92 Å². The van der Waals surface area contributed by atoms with Crippen molar-refractivity contribution in [2.45, 2.75) is 45.1 Å². The van der Waals surface area contributed by atoms with Gasteiger partial charge in [0, 0.05) is 43.5 Å². The van der Waals surface area contributed by atoms with Crippen molar-refractivity contribution in [3.8, 4) is 0 Å². The van der Waals surface area contributed by atoms with Crippen LogP contribution in [0.5, 0.6) is 0 Å². The fourth-order valence-electron chi connectivity index (χ4n) is 4.20. The van der Waals surface area contributed by atoms with Crippen LogP contribution in [0.4, 0.5) is 5.69 Å². The lowest BCUT2D eigenvalue weighted by molar-refractivity contribution is -0.135. The SMILES string of the molecule is CC[C@H](C)[C@@H](NC(=O)c1cccc(N(C)C)c1)C(=O)N1CCC(c2ccc(Cl)cc2)CC1. The summed E-state index contributed by atoms with van der Waals surface area (Å²) in [6, 6.07) is 14.9. The number of nitrogens with zero attached hydrogens (tertiary/aromatic N) is 2. The number of nitrogens with one attached hydrogen (secondary N) is 1. The van der Waals surface area contributed by atoms with E-state index in [2.05, 4.69) is 24.4 Å². The number of anilines is 1. The lowest BCUT2D eigenvalue weighted by atomic mass is 9.88. The third-order valence-corrected chi connectivity index (χ3v) is 6.79. The van der Waals surface area contributed by atoms with E-state index < -0.39 is 6.04 Å². The third kappa shape index (κ3) is 5.83. The first-order chi connectivity index (χ1) is 15.3. The molecule has 0 saturated carbocycles. The molecule has 6 heteroatoms. The minimum Gasteiger partial charge on any atom is -0.378 e. The van der Waals surface area contributed by atoms with Crippen molar-refractivity contribution in [2.75, 3.05) is 32.1 Å². The summed E-state index contributed by atoms with van der Waals surface area (Å²) in [7, 11) is 3.88. The molecule has 0 bridgehead atoms. The van der Waals surface area contributed by atoms with Gasteiger partial charge in [-0.15, -0.1) is 0 Å². The van der Waals surface area contributed by atoms with Gasteiger partial charge in [0.15, 0.2) is 0 Å². The summed E-state index contributed by atoms with van der Waals surface area (Å²) >= 11 is 6.01. The zero-order chi connectivity index (χ0) is 23.3. The van der Waals surface area contributed by atoms with Crippen LogP contribution in [0.2, 0.25) is 5.02 Å². The highest BCUT2D eigenvalue weighted by atomic mass is 35.5. The Hall–Kier alpha value is -2.53. The van der Waals surface area contributed by atoms with Crippen molar-refractivity contribution in [1.82, 2.24) is 10.2 Å². The first-order valence-electron chi connectivity index (χ1n) is 11.4. The van der Waals surface area contributed by atoms with Crippen molar-refractivity contribution in [3.05, 3.63) is 64.7 Å². The van der Waals surface area contributed by atoms with Crippen LogP contribution in [0.1, 0.15) is 54.9 Å². The molecule has 0 aromatic heterocycles. The van der Waals surface area contributed by atoms with E-state index in [-0.39, 0.29) is 17.7 Å². The van der Waals surface area contributed by atoms with E-state index in [1.54, 1.807) is 6.07 Å². The first-order valence-corrected chi connectivity index (χ1v) is 11.8. The summed E-state index contributed by atoms with van der Waals surface area (Å²) in [4.78, 5) is 30.3. The largest absolute Gasteiger partial charge is 0.378 e. The van der Waals surface area contributed by atoms with Gasteiger partial charge in [-0.3, -0.25) is 9.59 Å². The van der Waals surface area contributed by atoms with Gasteiger partial charge in [-0.05, 0) is 60.6 Å². The van der Waals surface area contributed by atoms with E-state index in [1.807, 2.05) is 61.2 Å². The van der Waals surface area contributed by atoms with Crippen LogP contribution in [-0.2, 0) is 4.79 Å². The molecule has 0 radical (unpaired) electrons. The number of rotatable bonds is 7. The monoisotopic (exact) mass is 455 g/mol. The Morgan fingerprint density at radius 3 is 2.38 bits per heavy atom. The Morgan fingerprint density at radius 2 is 1.78 bits per heavy atom. The van der Waals surface area contributed by atoms with Crippen LogP contribution in [0.25, 0.3) is 0 Å². The summed E-state index contributed by atoms with van der Waals surface area (Å²) in [6.45, 7) is 5.48. The molecule has 3 rings (SSSR count). The van der Waals surface area contributed by atoms with Crippen LogP contribution in [-0.4, -0.2) is 49.9 Å². The molecule has 0 unspecified atom stereocenters. The fourth-order valence-corrected chi connectivity index (χ4v) is 4.32. The molecule has 1 saturated heterocycles. The molecule has 1 N–H and O–H groups in total. The molecule has 0 spiro atoms. The highest BCUT2D eigenvalue weighted by Gasteiger charge is 2.32. The molecule has 5 nitrogen and oxygen atoms in total. The minimum absolute atomic E-state index is 0.0195. The van der Waals surface area contributed by atoms with Crippen molar-refractivity contribution >= 4 is 29.1 Å². The zero-order valence-electron chi connectivity index (χ0n) is 19.5. The van der Waals surface area contributed by atoms with Crippen LogP contribution >= 0.6 is 11.6 Å². The Balaban J connectivity index is 1.67. The second-order valence-corrected chi connectivity index (χ2v) is 9.37. The highest BCUT2D eigenvalue weighted by molar-refractivity contribution is 6.30. The second-order valence-electron chi connectivity index (χ2n) is 8.93. The summed E-state index contributed by atoms with van der Waals surface area (Å²) in [5.41, 5.74) is 2.79. The van der Waals surface area contributed by atoms with E-state index >= 15 is 0 Å². The molecule has 172 valence electrons. The number of amides is 2. The van der Waals surface area contributed by atoms with Gasteiger partial charge >= 0.3 is 0 Å². The quantitative estimate of drug-likeness (QED) is 0.642. The van der Waals surface area contributed by atoms with Gasteiger partial charge in [0.05, 0.1) is 0 Å². The number of hydrogen-bond acceptors (Lipinski definition) is 3. The lowest BCUT2D eigenvalue weighted by Crippen LogP contribution is -2.53. The van der Waals surface area contributed by atoms with Crippen LogP contribution < -0.4 is 10.2 Å². The molecule has 2 aromatic rings. The molecule has 0 aliphatic carbocycles. The Bertz CT molecular complexity index is 921. The summed E-state index contributed by atoms with van der Waals surface area (Å²) in [6.07, 6.45) is 2.65. The third-order valence-electron chi connectivity index (χ3n) is 6.54. The van der Waals surface area contributed by atoms with Gasteiger partial charge in [-0.25, -0.2) is 0 Å². The van der Waals surface area contributed by atoms with Crippen molar-refractivity contribution in [2.24, 2.45) is 5.92 Å². The van der Waals surface area contributed by atoms with Gasteiger partial charge in [0.25, 0.3) is 5.91 Å². The maximum absolute atomic E-state index is 13.4. The van der Waals surface area contributed by atoms with E-state index in [4.69, 9.17) is 11.6 Å². The van der Waals surface area contributed by atoms with E-state index in [9.17, 15) is 9.59 Å². The molecule has 2 amide bonds. The molecular weight excluding hydrogens is 422 g/mol. The number of halogens is 1. The zero-order valence-corrected chi connectivity index (χ0v) is 20.2. The van der Waals surface area contributed by atoms with Gasteiger partial charge in [-0.1, -0.05) is 50.1 Å². The van der Waals surface area contributed by atoms with Crippen molar-refractivity contribution in [1.29, 1.82) is 0 Å². The number of likely N-dealkylation sites (tertiary alicyclic amines) is 1. The predicted molar refractivity (Wildman–Crippen MR) is 131 cm³/mol. The second kappa shape index (κ2) is 10.9. The standard InChI is InChI=1S/C26H34ClN3O2/c1-5-18(2)24(28-25(31)21-7-6-8-23(17-21)29(3)4)26(32)30-15-13-20(14-16-30)19-9-11-22(27)12-10-19/h6-12,17-18,20,24H,5,13-16H2,1-4H3,(H,28,31)/t18-,24+/m0/s1. The summed E-state index contributed by atoms with van der Waals surface area (Å²) in [5.74, 6) is 0.300. The highest BCUT2D eigenvalue weighted by Crippen LogP contribution is 2.29. The first kappa shape index (κ1) is 24.1. The number of carbonyl (C=O) groups excluding carboxylic acids is 2. The van der Waals surface area contributed by atoms with Crippen LogP contribution in [0.3, 0.4) is 0 Å². The van der Waals surface area contributed by atoms with E-state index in [0.29, 0.717) is 24.6 Å². The van der Waals surface area contributed by atoms with E-state index in [1.165, 1.54) is 5.56 Å². The predicted octanol–water partition coefficient (Wildman–Crippen LogP) is 4.96. The topological polar surface area (TPSA) is 52.7 Å². The number of carbonyl (C=O) groups is 2. The Labute approximate surface area is 196 Å². The van der Waals surface area contributed by atoms with Crippen molar-refractivity contribution < 1.29 is 9.59 Å². The Morgan fingerprint density at radius 1 is 1.12 bits per heavy atom. The molecule has 1 heterocycles. The van der Waals surface area contributed by atoms with Gasteiger partial charge < -0.3 is 15.1 Å². The van der Waals surface area contributed by atoms with Gasteiger partial charge in [0.1, 0.15) is 6.04 Å². The van der Waals surface area contributed by atoms with E-state index in [0.717, 1.165) is 30.0 Å². The number of piperidine rings is 1. The fraction of sp³-hybridized carbons (Fsp3) is 0.462. The smallest absolute Gasteiger partial charge is 0.252 e. The molecule has 1 aliphatic heterocycles. The maximum Gasteiger partial charge on any atom is 0.252 e. The minimum atomic E-state index is -0.525. The molecule has 2 atom stereocenters. The molecule has 1 fully saturated rings. The summed E-state index contributed by atoms with van der Waals surface area (Å²) in [5, 5.41) is 3.77. The number of benzene rings is 2. The molecule has 1 aliphatic rings. The lowest BCUT2D eigenvalue weighted by Gasteiger charge is -2.36.